The zero-order chi connectivity index (χ0) is 13.7. The average Bonchev–Trinajstić information content (AvgIpc) is 2.97. The van der Waals surface area contributed by atoms with Crippen LogP contribution < -0.4 is 0 Å². The predicted molar refractivity (Wildman–Crippen MR) is 78.8 cm³/mol. The van der Waals surface area contributed by atoms with Gasteiger partial charge in [-0.2, -0.15) is 5.06 Å². The van der Waals surface area contributed by atoms with Gasteiger partial charge >= 0.3 is 0 Å². The Morgan fingerprint density at radius 1 is 1.40 bits per heavy atom. The number of aryl methyl sites for hydroxylation is 1. The van der Waals surface area contributed by atoms with Crippen LogP contribution in [0.4, 0.5) is 0 Å². The summed E-state index contributed by atoms with van der Waals surface area (Å²) in [6.07, 6.45) is 6.27. The van der Waals surface area contributed by atoms with Crippen LogP contribution in [0.5, 0.6) is 0 Å². The Bertz CT molecular complexity index is 544. The van der Waals surface area contributed by atoms with Gasteiger partial charge in [-0.3, -0.25) is 9.05 Å². The lowest BCUT2D eigenvalue weighted by Gasteiger charge is -2.45. The fraction of sp³-hybridized carbons (Fsp3) is 0.625. The molecule has 0 aromatic heterocycles. The van der Waals surface area contributed by atoms with E-state index >= 15 is 0 Å². The Kier molecular flexibility index (Phi) is 3.02. The second kappa shape index (κ2) is 4.65. The third-order valence-electron chi connectivity index (χ3n) is 5.07. The maximum atomic E-state index is 12.7. The van der Waals surface area contributed by atoms with Crippen molar-refractivity contribution in [3.8, 4) is 0 Å². The Morgan fingerprint density at radius 3 is 2.95 bits per heavy atom. The van der Waals surface area contributed by atoms with Crippen molar-refractivity contribution < 1.29 is 9.05 Å². The number of rotatable bonds is 3. The molecule has 3 aliphatic rings. The highest BCUT2D eigenvalue weighted by Crippen LogP contribution is 2.50. The molecule has 3 aliphatic heterocycles. The molecular formula is C16H21NO2S. The third-order valence-corrected chi connectivity index (χ3v) is 6.66. The van der Waals surface area contributed by atoms with E-state index in [9.17, 15) is 4.21 Å². The molecule has 4 atom stereocenters. The lowest BCUT2D eigenvalue weighted by Crippen LogP contribution is -2.55. The first kappa shape index (κ1) is 13.0. The zero-order valence-electron chi connectivity index (χ0n) is 11.9. The SMILES string of the molecule is Cc1ccc([S@](=O)C[C@@]23CCC[C@H]4C[C@@H](C2)ON43)cc1. The molecule has 108 valence electrons. The Hall–Kier alpha value is -0.710. The summed E-state index contributed by atoms with van der Waals surface area (Å²) in [5, 5.41) is 2.23. The van der Waals surface area contributed by atoms with Crippen molar-refractivity contribution in [2.45, 2.75) is 61.6 Å². The van der Waals surface area contributed by atoms with Gasteiger partial charge in [-0.05, 0) is 51.2 Å². The predicted octanol–water partition coefficient (Wildman–Crippen LogP) is 2.80. The molecule has 3 heterocycles. The number of piperidine rings is 2. The highest BCUT2D eigenvalue weighted by Gasteiger charge is 2.57. The fourth-order valence-corrected chi connectivity index (χ4v) is 5.63. The van der Waals surface area contributed by atoms with Crippen LogP contribution in [-0.4, -0.2) is 32.7 Å². The van der Waals surface area contributed by atoms with Crippen molar-refractivity contribution in [1.29, 1.82) is 0 Å². The smallest absolute Gasteiger partial charge is 0.0828 e. The second-order valence-corrected chi connectivity index (χ2v) is 8.02. The molecule has 2 bridgehead atoms. The van der Waals surface area contributed by atoms with Crippen LogP contribution in [0.1, 0.15) is 37.7 Å². The first-order valence-corrected chi connectivity index (χ1v) is 8.89. The Balaban J connectivity index is 1.56. The molecule has 3 nitrogen and oxygen atoms in total. The summed E-state index contributed by atoms with van der Waals surface area (Å²) >= 11 is 0. The molecule has 0 saturated carbocycles. The van der Waals surface area contributed by atoms with Gasteiger partial charge in [0.05, 0.1) is 22.4 Å². The summed E-state index contributed by atoms with van der Waals surface area (Å²) in [6, 6.07) is 8.69. The number of hydroxylamine groups is 2. The topological polar surface area (TPSA) is 29.5 Å². The monoisotopic (exact) mass is 291 g/mol. The maximum Gasteiger partial charge on any atom is 0.0828 e. The molecular weight excluding hydrogens is 270 g/mol. The summed E-state index contributed by atoms with van der Waals surface area (Å²) in [5.41, 5.74) is 1.26. The zero-order valence-corrected chi connectivity index (χ0v) is 12.7. The van der Waals surface area contributed by atoms with E-state index in [4.69, 9.17) is 4.84 Å². The van der Waals surface area contributed by atoms with Crippen molar-refractivity contribution in [2.24, 2.45) is 0 Å². The van der Waals surface area contributed by atoms with E-state index < -0.39 is 10.8 Å². The van der Waals surface area contributed by atoms with E-state index in [-0.39, 0.29) is 5.54 Å². The quantitative estimate of drug-likeness (QED) is 0.857. The minimum Gasteiger partial charge on any atom is -0.295 e. The van der Waals surface area contributed by atoms with Crippen LogP contribution in [0.2, 0.25) is 0 Å². The minimum atomic E-state index is -0.925. The third kappa shape index (κ3) is 1.97. The van der Waals surface area contributed by atoms with E-state index in [1.807, 2.05) is 24.3 Å². The lowest BCUT2D eigenvalue weighted by molar-refractivity contribution is -0.174. The van der Waals surface area contributed by atoms with Crippen LogP contribution in [-0.2, 0) is 15.6 Å². The van der Waals surface area contributed by atoms with Crippen molar-refractivity contribution in [1.82, 2.24) is 5.06 Å². The van der Waals surface area contributed by atoms with Crippen LogP contribution >= 0.6 is 0 Å². The van der Waals surface area contributed by atoms with Crippen molar-refractivity contribution >= 4 is 10.8 Å². The molecule has 0 N–H and O–H groups in total. The van der Waals surface area contributed by atoms with Crippen molar-refractivity contribution in [3.05, 3.63) is 29.8 Å². The van der Waals surface area contributed by atoms with Gasteiger partial charge in [0.25, 0.3) is 0 Å². The molecule has 1 aromatic carbocycles. The molecule has 0 spiro atoms. The highest BCUT2D eigenvalue weighted by molar-refractivity contribution is 7.85. The average molecular weight is 291 g/mol. The van der Waals surface area contributed by atoms with Gasteiger partial charge in [-0.15, -0.1) is 0 Å². The molecule has 4 heteroatoms. The fourth-order valence-electron chi connectivity index (χ4n) is 4.15. The van der Waals surface area contributed by atoms with Gasteiger partial charge in [0.1, 0.15) is 0 Å². The lowest BCUT2D eigenvalue weighted by atomic mass is 9.77. The van der Waals surface area contributed by atoms with Crippen LogP contribution in [0.3, 0.4) is 0 Å². The normalized spacial score (nSPS) is 37.2. The maximum absolute atomic E-state index is 12.7. The molecule has 4 rings (SSSR count). The van der Waals surface area contributed by atoms with Crippen LogP contribution in [0.25, 0.3) is 0 Å². The largest absolute Gasteiger partial charge is 0.295 e. The van der Waals surface area contributed by atoms with Gasteiger partial charge in [-0.25, -0.2) is 0 Å². The molecule has 3 saturated heterocycles. The number of fused-ring (bicyclic) bond motifs is 1. The molecule has 20 heavy (non-hydrogen) atoms. The van der Waals surface area contributed by atoms with E-state index in [2.05, 4.69) is 12.0 Å². The molecule has 0 amide bonds. The number of benzene rings is 1. The molecule has 0 aliphatic carbocycles. The molecule has 3 fully saturated rings. The summed E-state index contributed by atoms with van der Waals surface area (Å²) in [5.74, 6) is 0.725. The van der Waals surface area contributed by atoms with Gasteiger partial charge < -0.3 is 0 Å². The molecule has 1 aromatic rings. The minimum absolute atomic E-state index is 0.0432. The summed E-state index contributed by atoms with van der Waals surface area (Å²) in [7, 11) is -0.925. The number of hydrogen-bond donors (Lipinski definition) is 0. The summed E-state index contributed by atoms with van der Waals surface area (Å²) < 4.78 is 12.7. The van der Waals surface area contributed by atoms with Gasteiger partial charge in [0.2, 0.25) is 0 Å². The number of nitrogens with zero attached hydrogens (tertiary/aromatic N) is 1. The van der Waals surface area contributed by atoms with E-state index in [0.717, 1.165) is 23.5 Å². The Labute approximate surface area is 122 Å². The first-order chi connectivity index (χ1) is 9.66. The van der Waals surface area contributed by atoms with Crippen molar-refractivity contribution in [2.75, 3.05) is 5.75 Å². The van der Waals surface area contributed by atoms with E-state index in [0.29, 0.717) is 12.1 Å². The second-order valence-electron chi connectivity index (χ2n) is 6.57. The summed E-state index contributed by atoms with van der Waals surface area (Å²) in [4.78, 5) is 6.95. The summed E-state index contributed by atoms with van der Waals surface area (Å²) in [6.45, 7) is 2.06. The highest BCUT2D eigenvalue weighted by atomic mass is 32.2. The van der Waals surface area contributed by atoms with Crippen LogP contribution in [0.15, 0.2) is 29.2 Å². The van der Waals surface area contributed by atoms with Crippen molar-refractivity contribution in [3.63, 3.8) is 0 Å². The van der Waals surface area contributed by atoms with Crippen LogP contribution in [0, 0.1) is 6.92 Å². The first-order valence-electron chi connectivity index (χ1n) is 7.57. The number of hydrogen-bond acceptors (Lipinski definition) is 3. The van der Waals surface area contributed by atoms with Gasteiger partial charge in [0.15, 0.2) is 0 Å². The van der Waals surface area contributed by atoms with Gasteiger partial charge in [-0.1, -0.05) is 17.7 Å². The van der Waals surface area contributed by atoms with E-state index in [1.54, 1.807) is 0 Å². The van der Waals surface area contributed by atoms with E-state index in [1.165, 1.54) is 24.8 Å². The van der Waals surface area contributed by atoms with Gasteiger partial charge in [0, 0.05) is 16.7 Å². The molecule has 0 radical (unpaired) electrons. The molecule has 0 unspecified atom stereocenters. The standard InChI is InChI=1S/C16H21NO2S/c1-12-4-6-15(7-5-12)20(18)11-16-8-2-3-13-9-14(10-16)19-17(13)16/h4-7,13-14H,2-3,8-11H2,1H3/t13-,14-,16+,20+/m0/s1. The Morgan fingerprint density at radius 2 is 2.20 bits per heavy atom.